The first kappa shape index (κ1) is 12.5. The maximum Gasteiger partial charge on any atom is 0.0438 e. The number of rotatable bonds is 4. The largest absolute Gasteiger partial charge is 0.126 e. The van der Waals surface area contributed by atoms with Gasteiger partial charge in [0, 0.05) is 16.8 Å². The van der Waals surface area contributed by atoms with E-state index in [1.165, 1.54) is 5.56 Å². The summed E-state index contributed by atoms with van der Waals surface area (Å²) in [5, 5.41) is 0.818. The van der Waals surface area contributed by atoms with Crippen molar-refractivity contribution in [3.8, 4) is 0 Å². The van der Waals surface area contributed by atoms with Crippen molar-refractivity contribution in [2.75, 3.05) is 5.88 Å². The molecule has 0 aliphatic carbocycles. The molecule has 0 bridgehead atoms. The predicted molar refractivity (Wildman–Crippen MR) is 75.1 cm³/mol. The first-order chi connectivity index (χ1) is 8.31. The van der Waals surface area contributed by atoms with Crippen molar-refractivity contribution in [1.82, 2.24) is 0 Å². The van der Waals surface area contributed by atoms with Crippen LogP contribution >= 0.6 is 23.2 Å². The van der Waals surface area contributed by atoms with Crippen LogP contribution in [0.3, 0.4) is 0 Å². The third-order valence-electron chi connectivity index (χ3n) is 2.88. The first-order valence-corrected chi connectivity index (χ1v) is 6.57. The molecule has 0 aliphatic heterocycles. The van der Waals surface area contributed by atoms with Crippen molar-refractivity contribution in [2.24, 2.45) is 0 Å². The predicted octanol–water partition coefficient (Wildman–Crippen LogP) is 4.91. The van der Waals surface area contributed by atoms with Gasteiger partial charge in [0.1, 0.15) is 0 Å². The van der Waals surface area contributed by atoms with Gasteiger partial charge in [-0.05, 0) is 23.6 Å². The molecule has 0 aliphatic rings. The third kappa shape index (κ3) is 3.24. The van der Waals surface area contributed by atoms with E-state index in [9.17, 15) is 0 Å². The van der Waals surface area contributed by atoms with Crippen LogP contribution in [0.2, 0.25) is 5.02 Å². The van der Waals surface area contributed by atoms with Crippen LogP contribution in [0.5, 0.6) is 0 Å². The van der Waals surface area contributed by atoms with Gasteiger partial charge >= 0.3 is 0 Å². The number of benzene rings is 2. The molecule has 0 N–H and O–H groups in total. The van der Waals surface area contributed by atoms with Crippen molar-refractivity contribution < 1.29 is 0 Å². The molecule has 0 spiro atoms. The summed E-state index contributed by atoms with van der Waals surface area (Å²) in [5.41, 5.74) is 2.42. The minimum Gasteiger partial charge on any atom is -0.126 e. The lowest BCUT2D eigenvalue weighted by atomic mass is 9.94. The summed E-state index contributed by atoms with van der Waals surface area (Å²) >= 11 is 12.2. The molecule has 0 saturated heterocycles. The Morgan fingerprint density at radius 1 is 0.882 bits per heavy atom. The Hall–Kier alpha value is -0.980. The van der Waals surface area contributed by atoms with E-state index in [-0.39, 0.29) is 0 Å². The average Bonchev–Trinajstić information content (AvgIpc) is 2.39. The molecule has 2 heteroatoms. The van der Waals surface area contributed by atoms with Crippen LogP contribution in [0.25, 0.3) is 0 Å². The second-order valence-electron chi connectivity index (χ2n) is 4.06. The highest BCUT2D eigenvalue weighted by molar-refractivity contribution is 6.31. The van der Waals surface area contributed by atoms with Crippen molar-refractivity contribution in [2.45, 2.75) is 12.3 Å². The third-order valence-corrected chi connectivity index (χ3v) is 3.62. The van der Waals surface area contributed by atoms with Gasteiger partial charge in [-0.3, -0.25) is 0 Å². The molecule has 0 heterocycles. The summed E-state index contributed by atoms with van der Waals surface area (Å²) in [6.07, 6.45) is 0.882. The smallest absolute Gasteiger partial charge is 0.0438 e. The Balaban J connectivity index is 2.19. The molecule has 88 valence electrons. The van der Waals surface area contributed by atoms with E-state index < -0.39 is 0 Å². The highest BCUT2D eigenvalue weighted by Gasteiger charge is 2.12. The van der Waals surface area contributed by atoms with Gasteiger partial charge in [-0.2, -0.15) is 0 Å². The zero-order chi connectivity index (χ0) is 12.1. The fourth-order valence-electron chi connectivity index (χ4n) is 1.92. The Kier molecular flexibility index (Phi) is 4.47. The molecular weight excluding hydrogens is 251 g/mol. The van der Waals surface area contributed by atoms with E-state index in [2.05, 4.69) is 18.2 Å². The quantitative estimate of drug-likeness (QED) is 0.689. The lowest BCUT2D eigenvalue weighted by molar-refractivity contribution is 0.766. The monoisotopic (exact) mass is 264 g/mol. The molecule has 1 unspecified atom stereocenters. The second-order valence-corrected chi connectivity index (χ2v) is 4.77. The van der Waals surface area contributed by atoms with E-state index in [1.54, 1.807) is 0 Å². The topological polar surface area (TPSA) is 0 Å². The molecular formula is C15H14Cl2. The van der Waals surface area contributed by atoms with Crippen LogP contribution in [0.15, 0.2) is 54.6 Å². The summed E-state index contributed by atoms with van der Waals surface area (Å²) in [4.78, 5) is 0. The molecule has 0 nitrogen and oxygen atoms in total. The van der Waals surface area contributed by atoms with E-state index in [1.807, 2.05) is 36.4 Å². The maximum absolute atomic E-state index is 6.17. The van der Waals surface area contributed by atoms with Crippen LogP contribution in [0, 0.1) is 0 Å². The Morgan fingerprint density at radius 2 is 1.53 bits per heavy atom. The van der Waals surface area contributed by atoms with Gasteiger partial charge < -0.3 is 0 Å². The van der Waals surface area contributed by atoms with Gasteiger partial charge in [0.2, 0.25) is 0 Å². The van der Waals surface area contributed by atoms with E-state index in [0.717, 1.165) is 17.0 Å². The minimum atomic E-state index is 0.317. The number of hydrogen-bond donors (Lipinski definition) is 0. The van der Waals surface area contributed by atoms with E-state index in [0.29, 0.717) is 11.8 Å². The lowest BCUT2D eigenvalue weighted by Gasteiger charge is -2.15. The molecule has 17 heavy (non-hydrogen) atoms. The molecule has 0 fully saturated rings. The summed E-state index contributed by atoms with van der Waals surface area (Å²) in [7, 11) is 0. The van der Waals surface area contributed by atoms with Crippen LogP contribution in [-0.4, -0.2) is 5.88 Å². The Labute approximate surface area is 112 Å². The van der Waals surface area contributed by atoms with Crippen LogP contribution in [-0.2, 0) is 6.42 Å². The van der Waals surface area contributed by atoms with Crippen molar-refractivity contribution in [3.05, 3.63) is 70.7 Å². The van der Waals surface area contributed by atoms with Crippen LogP contribution in [0.4, 0.5) is 0 Å². The molecule has 2 aromatic rings. The summed E-state index contributed by atoms with van der Waals surface area (Å²) in [6, 6.07) is 18.3. The SMILES string of the molecule is ClCC(Cc1ccccc1Cl)c1ccccc1. The molecule has 0 saturated carbocycles. The number of alkyl halides is 1. The zero-order valence-corrected chi connectivity index (χ0v) is 11.0. The summed E-state index contributed by atoms with van der Waals surface area (Å²) in [5.74, 6) is 0.924. The van der Waals surface area contributed by atoms with Gasteiger partial charge in [-0.15, -0.1) is 11.6 Å². The number of hydrogen-bond acceptors (Lipinski definition) is 0. The molecule has 0 radical (unpaired) electrons. The summed E-state index contributed by atoms with van der Waals surface area (Å²) < 4.78 is 0. The Morgan fingerprint density at radius 3 is 2.18 bits per heavy atom. The van der Waals surface area contributed by atoms with Crippen LogP contribution < -0.4 is 0 Å². The molecule has 0 aromatic heterocycles. The zero-order valence-electron chi connectivity index (χ0n) is 9.44. The minimum absolute atomic E-state index is 0.317. The normalized spacial score (nSPS) is 12.4. The highest BCUT2D eigenvalue weighted by Crippen LogP contribution is 2.25. The fraction of sp³-hybridized carbons (Fsp3) is 0.200. The molecule has 2 rings (SSSR count). The first-order valence-electron chi connectivity index (χ1n) is 5.65. The van der Waals surface area contributed by atoms with E-state index >= 15 is 0 Å². The molecule has 2 aromatic carbocycles. The maximum atomic E-state index is 6.17. The van der Waals surface area contributed by atoms with Gasteiger partial charge in [-0.1, -0.05) is 60.1 Å². The Bertz CT molecular complexity index is 465. The molecule has 0 amide bonds. The van der Waals surface area contributed by atoms with E-state index in [4.69, 9.17) is 23.2 Å². The van der Waals surface area contributed by atoms with Gasteiger partial charge in [0.25, 0.3) is 0 Å². The summed E-state index contributed by atoms with van der Waals surface area (Å²) in [6.45, 7) is 0. The van der Waals surface area contributed by atoms with Gasteiger partial charge in [-0.25, -0.2) is 0 Å². The standard InChI is InChI=1S/C15H14Cl2/c16-11-14(12-6-2-1-3-7-12)10-13-8-4-5-9-15(13)17/h1-9,14H,10-11H2. The fourth-order valence-corrected chi connectivity index (χ4v) is 2.42. The molecule has 1 atom stereocenters. The van der Waals surface area contributed by atoms with Crippen molar-refractivity contribution >= 4 is 23.2 Å². The average molecular weight is 265 g/mol. The van der Waals surface area contributed by atoms with Gasteiger partial charge in [0.15, 0.2) is 0 Å². The second kappa shape index (κ2) is 6.09. The van der Waals surface area contributed by atoms with Crippen LogP contribution in [0.1, 0.15) is 17.0 Å². The highest BCUT2D eigenvalue weighted by atomic mass is 35.5. The lowest BCUT2D eigenvalue weighted by Crippen LogP contribution is -2.04. The number of halogens is 2. The van der Waals surface area contributed by atoms with Crippen molar-refractivity contribution in [3.63, 3.8) is 0 Å². The van der Waals surface area contributed by atoms with Crippen molar-refractivity contribution in [1.29, 1.82) is 0 Å². The van der Waals surface area contributed by atoms with Gasteiger partial charge in [0.05, 0.1) is 0 Å².